The molecule has 2 amide bonds. The van der Waals surface area contributed by atoms with Crippen molar-refractivity contribution in [3.8, 4) is 0 Å². The lowest BCUT2D eigenvalue weighted by atomic mass is 9.98. The van der Waals surface area contributed by atoms with Crippen molar-refractivity contribution >= 4 is 29.3 Å². The van der Waals surface area contributed by atoms with Crippen LogP contribution in [0.25, 0.3) is 0 Å². The number of carbonyl (C=O) groups is 3. The number of nitrogen functional groups attached to an aromatic ring is 1. The number of aliphatic carboxylic acids is 1. The molecule has 0 aliphatic carbocycles. The number of hydrogen-bond acceptors (Lipinski definition) is 4. The van der Waals surface area contributed by atoms with Gasteiger partial charge in [0.05, 0.1) is 12.5 Å². The van der Waals surface area contributed by atoms with Crippen molar-refractivity contribution in [3.63, 3.8) is 0 Å². The van der Waals surface area contributed by atoms with Crippen LogP contribution in [0.1, 0.15) is 50.4 Å². The molecule has 0 fully saturated rings. The molecule has 0 bridgehead atoms. The van der Waals surface area contributed by atoms with Crippen LogP contribution >= 0.6 is 0 Å². The molecule has 162 valence electrons. The molecule has 0 aromatic heterocycles. The molecule has 0 spiro atoms. The minimum atomic E-state index is -1.02. The van der Waals surface area contributed by atoms with Gasteiger partial charge in [0.1, 0.15) is 5.84 Å². The number of benzene rings is 2. The summed E-state index contributed by atoms with van der Waals surface area (Å²) >= 11 is 0. The molecule has 0 radical (unpaired) electrons. The first-order chi connectivity index (χ1) is 14.2. The summed E-state index contributed by atoms with van der Waals surface area (Å²) in [5.41, 5.74) is 9.26. The van der Waals surface area contributed by atoms with Crippen molar-refractivity contribution < 1.29 is 22.3 Å². The largest absolute Gasteiger partial charge is 0.481 e. The summed E-state index contributed by atoms with van der Waals surface area (Å²) in [5, 5.41) is 21.9. The van der Waals surface area contributed by atoms with Crippen LogP contribution in [0.15, 0.2) is 42.5 Å². The maximum atomic E-state index is 12.3. The second-order valence-corrected chi connectivity index (χ2v) is 7.10. The Bertz CT molecular complexity index is 965. The Kier molecular flexibility index (Phi) is 7.69. The van der Waals surface area contributed by atoms with Gasteiger partial charge in [0.25, 0.3) is 0 Å². The fourth-order valence-corrected chi connectivity index (χ4v) is 2.86. The maximum Gasteiger partial charge on any atom is 0.305 e. The Morgan fingerprint density at radius 2 is 1.67 bits per heavy atom. The number of aryl methyl sites for hydroxylation is 2. The number of carboxylic acid groups (broad SMARTS) is 1. The lowest BCUT2D eigenvalue weighted by Crippen LogP contribution is -2.31. The molecule has 8 heteroatoms. The second kappa shape index (κ2) is 10.2. The van der Waals surface area contributed by atoms with Crippen LogP contribution in [0.3, 0.4) is 0 Å². The molecule has 0 unspecified atom stereocenters. The van der Waals surface area contributed by atoms with Gasteiger partial charge in [-0.05, 0) is 54.8 Å². The number of nitrogens with one attached hydrogen (secondary N) is 3. The van der Waals surface area contributed by atoms with Crippen molar-refractivity contribution in [2.75, 3.05) is 5.32 Å². The summed E-state index contributed by atoms with van der Waals surface area (Å²) in [4.78, 5) is 35.6. The molecule has 0 aliphatic heterocycles. The summed E-state index contributed by atoms with van der Waals surface area (Å²) in [6.07, 6.45) is -0.367. The van der Waals surface area contributed by atoms with Crippen molar-refractivity contribution in [2.24, 2.45) is 5.73 Å². The summed E-state index contributed by atoms with van der Waals surface area (Å²) < 4.78 is 0. The second-order valence-electron chi connectivity index (χ2n) is 7.10. The first-order valence-corrected chi connectivity index (χ1v) is 9.48. The van der Waals surface area contributed by atoms with Gasteiger partial charge >= 0.3 is 5.97 Å². The quantitative estimate of drug-likeness (QED) is 0.316. The molecule has 2 aromatic rings. The monoisotopic (exact) mass is 414 g/mol. The highest BCUT2D eigenvalue weighted by molar-refractivity contribution is 5.96. The Balaban J connectivity index is 0.00000480. The van der Waals surface area contributed by atoms with Crippen LogP contribution in [0.5, 0.6) is 0 Å². The molecule has 2 rings (SSSR count). The first-order valence-electron chi connectivity index (χ1n) is 9.48. The zero-order valence-electron chi connectivity index (χ0n) is 17.0. The summed E-state index contributed by atoms with van der Waals surface area (Å²) in [5.74, 6) is -1.84. The molecular formula is C22H30N4O4. The van der Waals surface area contributed by atoms with Gasteiger partial charge in [-0.25, -0.2) is 0 Å². The van der Waals surface area contributed by atoms with Crippen molar-refractivity contribution in [1.82, 2.24) is 5.32 Å². The van der Waals surface area contributed by atoms with E-state index < -0.39 is 17.9 Å². The van der Waals surface area contributed by atoms with E-state index in [-0.39, 0.29) is 33.9 Å². The van der Waals surface area contributed by atoms with Crippen molar-refractivity contribution in [3.05, 3.63) is 64.7 Å². The van der Waals surface area contributed by atoms with Gasteiger partial charge in [-0.1, -0.05) is 18.2 Å². The van der Waals surface area contributed by atoms with E-state index in [1.807, 2.05) is 26.0 Å². The molecule has 0 aliphatic rings. The van der Waals surface area contributed by atoms with Gasteiger partial charge in [0.2, 0.25) is 11.8 Å². The number of amidine groups is 1. The van der Waals surface area contributed by atoms with Gasteiger partial charge in [0.15, 0.2) is 0 Å². The van der Waals surface area contributed by atoms with Gasteiger partial charge in [-0.3, -0.25) is 19.8 Å². The molecular weight excluding hydrogens is 384 g/mol. The highest BCUT2D eigenvalue weighted by Gasteiger charge is 2.19. The Morgan fingerprint density at radius 1 is 1.03 bits per heavy atom. The lowest BCUT2D eigenvalue weighted by Gasteiger charge is -2.18. The van der Waals surface area contributed by atoms with Crippen LogP contribution < -0.4 is 16.4 Å². The predicted molar refractivity (Wildman–Crippen MR) is 119 cm³/mol. The topological polar surface area (TPSA) is 145 Å². The van der Waals surface area contributed by atoms with Crippen LogP contribution in [0.4, 0.5) is 5.69 Å². The number of rotatable bonds is 9. The predicted octanol–water partition coefficient (Wildman–Crippen LogP) is 3.13. The Hall–Kier alpha value is -3.68. The van der Waals surface area contributed by atoms with E-state index in [4.69, 9.17) is 11.1 Å². The van der Waals surface area contributed by atoms with Crippen LogP contribution in [-0.2, 0) is 14.4 Å². The summed E-state index contributed by atoms with van der Waals surface area (Å²) in [6, 6.07) is 11.4. The van der Waals surface area contributed by atoms with Gasteiger partial charge < -0.3 is 21.5 Å². The normalized spacial score (nSPS) is 11.4. The molecule has 30 heavy (non-hydrogen) atoms. The number of carboxylic acids is 1. The Morgan fingerprint density at radius 3 is 2.23 bits per heavy atom. The standard InChI is InChI=1S/C22H26N4O4.2H2/c1-13-3-4-16(11-14(13)2)18(12-21(29)30)26-20(28)10-9-19(27)25-17-7-5-15(6-8-17)22(23)24;;/h3-8,11,18H,9-10,12H2,1-2H3,(H3,23,24)(H,25,27)(H,26,28)(H,29,30);2*1H/t18-;;/m0../s1. The zero-order chi connectivity index (χ0) is 22.3. The number of amides is 2. The number of anilines is 1. The van der Waals surface area contributed by atoms with E-state index in [0.29, 0.717) is 16.8 Å². The van der Waals surface area contributed by atoms with E-state index in [1.54, 1.807) is 30.3 Å². The summed E-state index contributed by atoms with van der Waals surface area (Å²) in [7, 11) is 0. The lowest BCUT2D eigenvalue weighted by molar-refractivity contribution is -0.138. The fraction of sp³-hybridized carbons (Fsp3) is 0.273. The molecule has 2 aromatic carbocycles. The molecule has 0 saturated carbocycles. The van der Waals surface area contributed by atoms with Crippen LogP contribution in [0.2, 0.25) is 0 Å². The molecule has 8 nitrogen and oxygen atoms in total. The van der Waals surface area contributed by atoms with E-state index >= 15 is 0 Å². The van der Waals surface area contributed by atoms with Gasteiger partial charge in [-0.2, -0.15) is 0 Å². The number of nitrogens with two attached hydrogens (primary N) is 1. The molecule has 0 saturated heterocycles. The highest BCUT2D eigenvalue weighted by Crippen LogP contribution is 2.20. The van der Waals surface area contributed by atoms with Gasteiger partial charge in [0, 0.05) is 26.9 Å². The van der Waals surface area contributed by atoms with E-state index in [0.717, 1.165) is 11.1 Å². The van der Waals surface area contributed by atoms with E-state index in [2.05, 4.69) is 10.6 Å². The highest BCUT2D eigenvalue weighted by atomic mass is 16.4. The zero-order valence-corrected chi connectivity index (χ0v) is 17.0. The number of hydrogen-bond donors (Lipinski definition) is 5. The van der Waals surface area contributed by atoms with E-state index in [9.17, 15) is 19.5 Å². The average molecular weight is 415 g/mol. The maximum absolute atomic E-state index is 12.3. The van der Waals surface area contributed by atoms with Gasteiger partial charge in [-0.15, -0.1) is 0 Å². The molecule has 6 N–H and O–H groups in total. The van der Waals surface area contributed by atoms with Crippen molar-refractivity contribution in [2.45, 2.75) is 39.2 Å². The third-order valence-corrected chi connectivity index (χ3v) is 4.71. The van der Waals surface area contributed by atoms with E-state index in [1.165, 1.54) is 0 Å². The van der Waals surface area contributed by atoms with Crippen LogP contribution in [-0.4, -0.2) is 28.7 Å². The smallest absolute Gasteiger partial charge is 0.305 e. The number of carbonyl (C=O) groups excluding carboxylic acids is 2. The minimum Gasteiger partial charge on any atom is -0.481 e. The summed E-state index contributed by atoms with van der Waals surface area (Å²) in [6.45, 7) is 3.88. The first kappa shape index (κ1) is 22.6. The molecule has 1 atom stereocenters. The third-order valence-electron chi connectivity index (χ3n) is 4.71. The third kappa shape index (κ3) is 6.73. The minimum absolute atomic E-state index is 0. The molecule has 0 heterocycles. The fourth-order valence-electron chi connectivity index (χ4n) is 2.86. The average Bonchev–Trinajstić information content (AvgIpc) is 2.68. The Labute approximate surface area is 178 Å². The SMILES string of the molecule is Cc1ccc([C@H](CC(=O)O)NC(=O)CCC(=O)Nc2ccc(C(=N)N)cc2)cc1C.[HH].[HH]. The van der Waals surface area contributed by atoms with Crippen LogP contribution in [0, 0.1) is 19.3 Å². The van der Waals surface area contributed by atoms with Crippen molar-refractivity contribution in [1.29, 1.82) is 5.41 Å².